The zero-order valence-corrected chi connectivity index (χ0v) is 7.98. The summed E-state index contributed by atoms with van der Waals surface area (Å²) in [5.74, 6) is -2.33. The standard InChI is InChI=1S/C8H11F5O2/c1-2-5(3-4-6(9)10)15-7(14)8(11,12)13/h5-6H,2-4H2,1H3. The van der Waals surface area contributed by atoms with Crippen LogP contribution in [0.5, 0.6) is 0 Å². The van der Waals surface area contributed by atoms with Crippen molar-refractivity contribution in [3.63, 3.8) is 0 Å². The molecule has 0 saturated heterocycles. The molecule has 0 aliphatic heterocycles. The molecule has 0 N–H and O–H groups in total. The average molecular weight is 234 g/mol. The first-order valence-electron chi connectivity index (χ1n) is 4.33. The second-order valence-electron chi connectivity index (χ2n) is 2.90. The Morgan fingerprint density at radius 1 is 1.27 bits per heavy atom. The monoisotopic (exact) mass is 234 g/mol. The Balaban J connectivity index is 4.05. The number of alkyl halides is 5. The van der Waals surface area contributed by atoms with Crippen molar-refractivity contribution >= 4 is 5.97 Å². The van der Waals surface area contributed by atoms with Gasteiger partial charge in [0.1, 0.15) is 6.10 Å². The number of ether oxygens (including phenoxy) is 1. The summed E-state index contributed by atoms with van der Waals surface area (Å²) in [5, 5.41) is 0. The average Bonchev–Trinajstić information content (AvgIpc) is 2.09. The van der Waals surface area contributed by atoms with E-state index in [4.69, 9.17) is 0 Å². The van der Waals surface area contributed by atoms with Crippen molar-refractivity contribution in [1.29, 1.82) is 0 Å². The molecule has 1 unspecified atom stereocenters. The summed E-state index contributed by atoms with van der Waals surface area (Å²) in [4.78, 5) is 10.3. The molecule has 15 heavy (non-hydrogen) atoms. The van der Waals surface area contributed by atoms with Crippen LogP contribution in [0, 0.1) is 0 Å². The summed E-state index contributed by atoms with van der Waals surface area (Å²) in [7, 11) is 0. The van der Waals surface area contributed by atoms with Crippen LogP contribution in [-0.4, -0.2) is 24.7 Å². The molecule has 0 amide bonds. The Labute approximate surface area is 83.4 Å². The van der Waals surface area contributed by atoms with E-state index in [-0.39, 0.29) is 12.8 Å². The molecule has 7 heteroatoms. The van der Waals surface area contributed by atoms with Gasteiger partial charge >= 0.3 is 12.1 Å². The number of hydrogen-bond donors (Lipinski definition) is 0. The summed E-state index contributed by atoms with van der Waals surface area (Å²) >= 11 is 0. The molecular weight excluding hydrogens is 223 g/mol. The third kappa shape index (κ3) is 6.24. The van der Waals surface area contributed by atoms with E-state index in [1.807, 2.05) is 0 Å². The van der Waals surface area contributed by atoms with Crippen LogP contribution in [0.3, 0.4) is 0 Å². The van der Waals surface area contributed by atoms with Crippen molar-refractivity contribution in [2.75, 3.05) is 0 Å². The molecule has 0 aliphatic carbocycles. The van der Waals surface area contributed by atoms with Crippen molar-refractivity contribution < 1.29 is 31.5 Å². The summed E-state index contributed by atoms with van der Waals surface area (Å²) < 4.78 is 62.7. The van der Waals surface area contributed by atoms with Gasteiger partial charge < -0.3 is 4.74 Å². The number of halogens is 5. The minimum Gasteiger partial charge on any atom is -0.456 e. The fourth-order valence-corrected chi connectivity index (χ4v) is 0.876. The van der Waals surface area contributed by atoms with Gasteiger partial charge in [-0.05, 0) is 12.8 Å². The van der Waals surface area contributed by atoms with Gasteiger partial charge in [0.05, 0.1) is 0 Å². The van der Waals surface area contributed by atoms with E-state index in [9.17, 15) is 26.7 Å². The summed E-state index contributed by atoms with van der Waals surface area (Å²) in [5.41, 5.74) is 0. The summed E-state index contributed by atoms with van der Waals surface area (Å²) in [6.45, 7) is 1.46. The largest absolute Gasteiger partial charge is 0.490 e. The lowest BCUT2D eigenvalue weighted by Gasteiger charge is -2.16. The van der Waals surface area contributed by atoms with E-state index < -0.39 is 31.1 Å². The van der Waals surface area contributed by atoms with Crippen LogP contribution in [0.25, 0.3) is 0 Å². The fraction of sp³-hybridized carbons (Fsp3) is 0.875. The molecule has 0 saturated carbocycles. The van der Waals surface area contributed by atoms with Gasteiger partial charge in [0.15, 0.2) is 0 Å². The van der Waals surface area contributed by atoms with E-state index in [0.717, 1.165) is 0 Å². The number of carbonyl (C=O) groups is 1. The lowest BCUT2D eigenvalue weighted by molar-refractivity contribution is -0.205. The molecule has 0 bridgehead atoms. The van der Waals surface area contributed by atoms with Crippen LogP contribution in [0.1, 0.15) is 26.2 Å². The van der Waals surface area contributed by atoms with Gasteiger partial charge in [-0.15, -0.1) is 0 Å². The highest BCUT2D eigenvalue weighted by molar-refractivity contribution is 5.75. The SMILES string of the molecule is CCC(CCC(F)F)OC(=O)C(F)(F)F. The van der Waals surface area contributed by atoms with Gasteiger partial charge in [-0.3, -0.25) is 0 Å². The van der Waals surface area contributed by atoms with Crippen molar-refractivity contribution in [3.05, 3.63) is 0 Å². The predicted octanol–water partition coefficient (Wildman–Crippen LogP) is 2.92. The molecule has 0 spiro atoms. The number of rotatable bonds is 5. The van der Waals surface area contributed by atoms with E-state index in [1.165, 1.54) is 6.92 Å². The molecule has 0 fully saturated rings. The quantitative estimate of drug-likeness (QED) is 0.540. The fourth-order valence-electron chi connectivity index (χ4n) is 0.876. The molecular formula is C8H11F5O2. The van der Waals surface area contributed by atoms with Gasteiger partial charge in [0.2, 0.25) is 6.43 Å². The minimum absolute atomic E-state index is 0.0779. The molecule has 0 aromatic heterocycles. The topological polar surface area (TPSA) is 26.3 Å². The van der Waals surface area contributed by atoms with Crippen molar-refractivity contribution in [2.45, 2.75) is 44.9 Å². The van der Waals surface area contributed by atoms with Crippen LogP contribution >= 0.6 is 0 Å². The maximum Gasteiger partial charge on any atom is 0.490 e. The second-order valence-corrected chi connectivity index (χ2v) is 2.90. The van der Waals surface area contributed by atoms with Gasteiger partial charge in [0, 0.05) is 6.42 Å². The molecule has 90 valence electrons. The smallest absolute Gasteiger partial charge is 0.456 e. The molecule has 2 nitrogen and oxygen atoms in total. The third-order valence-electron chi connectivity index (χ3n) is 1.67. The summed E-state index contributed by atoms with van der Waals surface area (Å²) in [6, 6.07) is 0. The Bertz CT molecular complexity index is 202. The zero-order valence-electron chi connectivity index (χ0n) is 7.98. The van der Waals surface area contributed by atoms with Crippen molar-refractivity contribution in [1.82, 2.24) is 0 Å². The minimum atomic E-state index is -5.07. The number of hydrogen-bond acceptors (Lipinski definition) is 2. The molecule has 0 radical (unpaired) electrons. The highest BCUT2D eigenvalue weighted by Gasteiger charge is 2.42. The van der Waals surface area contributed by atoms with Crippen LogP contribution in [0.15, 0.2) is 0 Å². The van der Waals surface area contributed by atoms with Gasteiger partial charge in [-0.2, -0.15) is 13.2 Å². The van der Waals surface area contributed by atoms with Crippen LogP contribution < -0.4 is 0 Å². The van der Waals surface area contributed by atoms with Gasteiger partial charge in [-0.1, -0.05) is 6.92 Å². The molecule has 1 atom stereocenters. The van der Waals surface area contributed by atoms with Gasteiger partial charge in [0.25, 0.3) is 0 Å². The van der Waals surface area contributed by atoms with E-state index in [0.29, 0.717) is 0 Å². The van der Waals surface area contributed by atoms with Crippen molar-refractivity contribution in [2.24, 2.45) is 0 Å². The number of esters is 1. The predicted molar refractivity (Wildman–Crippen MR) is 41.5 cm³/mol. The molecule has 0 aromatic carbocycles. The van der Waals surface area contributed by atoms with Crippen LogP contribution in [-0.2, 0) is 9.53 Å². The summed E-state index contributed by atoms with van der Waals surface area (Å²) in [6.07, 6.45) is -9.55. The molecule has 0 aromatic rings. The highest BCUT2D eigenvalue weighted by atomic mass is 19.4. The molecule has 0 aliphatic rings. The Kier molecular flexibility index (Phi) is 5.53. The lowest BCUT2D eigenvalue weighted by Crippen LogP contribution is -2.30. The highest BCUT2D eigenvalue weighted by Crippen LogP contribution is 2.20. The Morgan fingerprint density at radius 3 is 2.13 bits per heavy atom. The Morgan fingerprint density at radius 2 is 1.80 bits per heavy atom. The first kappa shape index (κ1) is 14.1. The van der Waals surface area contributed by atoms with Crippen LogP contribution in [0.2, 0.25) is 0 Å². The maximum atomic E-state index is 11.7. The first-order valence-corrected chi connectivity index (χ1v) is 4.33. The van der Waals surface area contributed by atoms with Crippen molar-refractivity contribution in [3.8, 4) is 0 Å². The van der Waals surface area contributed by atoms with Gasteiger partial charge in [-0.25, -0.2) is 13.6 Å². The normalized spacial score (nSPS) is 14.1. The molecule has 0 heterocycles. The maximum absolute atomic E-state index is 11.7. The van der Waals surface area contributed by atoms with E-state index >= 15 is 0 Å². The Hall–Kier alpha value is -0.880. The first-order chi connectivity index (χ1) is 6.77. The lowest BCUT2D eigenvalue weighted by atomic mass is 10.1. The van der Waals surface area contributed by atoms with Crippen LogP contribution in [0.4, 0.5) is 22.0 Å². The third-order valence-corrected chi connectivity index (χ3v) is 1.67. The van der Waals surface area contributed by atoms with E-state index in [2.05, 4.69) is 4.74 Å². The second kappa shape index (κ2) is 5.87. The number of carbonyl (C=O) groups excluding carboxylic acids is 1. The van der Waals surface area contributed by atoms with E-state index in [1.54, 1.807) is 0 Å². The molecule has 0 rings (SSSR count). The zero-order chi connectivity index (χ0) is 12.1.